The van der Waals surface area contributed by atoms with Gasteiger partial charge in [-0.2, -0.15) is 20.0 Å². The van der Waals surface area contributed by atoms with E-state index in [4.69, 9.17) is 0 Å². The third-order valence-electron chi connectivity index (χ3n) is 6.13. The number of benzene rings is 4. The first-order valence-electron chi connectivity index (χ1n) is 11.5. The van der Waals surface area contributed by atoms with Crippen LogP contribution in [0.2, 0.25) is 0 Å². The molecule has 6 heteroatoms. The smallest absolute Gasteiger partial charge is 0.185 e. The first-order chi connectivity index (χ1) is 17.2. The van der Waals surface area contributed by atoms with Gasteiger partial charge in [-0.25, -0.2) is 0 Å². The van der Waals surface area contributed by atoms with E-state index < -0.39 is 14.1 Å². The Kier molecular flexibility index (Phi) is 8.13. The Morgan fingerprint density at radius 1 is 0.457 bits per heavy atom. The Labute approximate surface area is 207 Å². The van der Waals surface area contributed by atoms with Gasteiger partial charge in [-0.1, -0.05) is 121 Å². The zero-order chi connectivity index (χ0) is 24.4. The summed E-state index contributed by atoms with van der Waals surface area (Å²) < 4.78 is 9.28. The van der Waals surface area contributed by atoms with Gasteiger partial charge in [0.15, 0.2) is 0 Å². The van der Waals surface area contributed by atoms with Crippen molar-refractivity contribution in [2.75, 3.05) is 12.3 Å². The van der Waals surface area contributed by atoms with Gasteiger partial charge in [0, 0.05) is 14.1 Å². The first-order valence-corrected chi connectivity index (χ1v) is 15.3. The second-order valence-corrected chi connectivity index (χ2v) is 14.5. The third kappa shape index (κ3) is 5.21. The number of nitriles is 2. The summed E-state index contributed by atoms with van der Waals surface area (Å²) in [7, 11) is -4.66. The van der Waals surface area contributed by atoms with Crippen molar-refractivity contribution in [1.82, 2.24) is 0 Å². The van der Waals surface area contributed by atoms with E-state index in [1.807, 2.05) is 72.8 Å². The molecule has 0 saturated carbocycles. The van der Waals surface area contributed by atoms with Crippen molar-refractivity contribution in [3.8, 4) is 12.4 Å². The molecular weight excluding hydrogens is 466 g/mol. The Balaban J connectivity index is 1.80. The average molecular weight is 493 g/mol. The lowest BCUT2D eigenvalue weighted by Crippen LogP contribution is -2.22. The van der Waals surface area contributed by atoms with E-state index in [2.05, 4.69) is 70.4 Å². The van der Waals surface area contributed by atoms with Crippen LogP contribution in [0.3, 0.4) is 0 Å². The van der Waals surface area contributed by atoms with Gasteiger partial charge in [0.25, 0.3) is 0 Å². The molecule has 0 spiro atoms. The second-order valence-electron chi connectivity index (χ2n) is 8.08. The molecule has 0 unspecified atom stereocenters. The average Bonchev–Trinajstić information content (AvgIpc) is 2.94. The molecule has 0 radical (unpaired) electrons. The maximum atomic E-state index is 9.78. The number of nitrogens with zero attached hydrogens (tertiary/aromatic N) is 4. The van der Waals surface area contributed by atoms with Crippen LogP contribution < -0.4 is 21.2 Å². The van der Waals surface area contributed by atoms with E-state index in [-0.39, 0.29) is 0 Å². The van der Waals surface area contributed by atoms with Crippen LogP contribution in [0.5, 0.6) is 0 Å². The monoisotopic (exact) mass is 492 g/mol. The van der Waals surface area contributed by atoms with E-state index in [9.17, 15) is 10.5 Å². The minimum atomic E-state index is -2.33. The lowest BCUT2D eigenvalue weighted by Gasteiger charge is -2.28. The Hall–Kier alpha value is -3.68. The van der Waals surface area contributed by atoms with Crippen molar-refractivity contribution >= 4 is 35.3 Å². The van der Waals surface area contributed by atoms with Crippen LogP contribution in [0.25, 0.3) is 0 Å². The van der Waals surface area contributed by atoms with Crippen molar-refractivity contribution in [2.24, 2.45) is 9.49 Å². The molecule has 0 atom stereocenters. The predicted molar refractivity (Wildman–Crippen MR) is 149 cm³/mol. The van der Waals surface area contributed by atoms with Gasteiger partial charge in [0.1, 0.15) is 0 Å². The van der Waals surface area contributed by atoms with Gasteiger partial charge in [0.2, 0.25) is 12.4 Å². The van der Waals surface area contributed by atoms with Crippen LogP contribution in [0.1, 0.15) is 6.42 Å². The molecule has 0 N–H and O–H groups in total. The maximum Gasteiger partial charge on any atom is 0.204 e. The van der Waals surface area contributed by atoms with Gasteiger partial charge in [-0.05, 0) is 40.0 Å². The SMILES string of the molecule is N#CN=P(CCCP(=NC#N)(c1ccccc1)c1ccccc1)(c1ccccc1)c1ccccc1. The molecule has 35 heavy (non-hydrogen) atoms. The van der Waals surface area contributed by atoms with Crippen LogP contribution in [0.15, 0.2) is 131 Å². The Morgan fingerprint density at radius 3 is 0.943 bits per heavy atom. The Bertz CT molecular complexity index is 1240. The summed E-state index contributed by atoms with van der Waals surface area (Å²) in [5.74, 6) is 0. The van der Waals surface area contributed by atoms with Crippen LogP contribution in [0.4, 0.5) is 0 Å². The molecule has 0 amide bonds. The summed E-state index contributed by atoms with van der Waals surface area (Å²) in [6, 6.07) is 40.7. The summed E-state index contributed by atoms with van der Waals surface area (Å²) in [6.07, 6.45) is 6.55. The van der Waals surface area contributed by atoms with Crippen LogP contribution in [0, 0.1) is 22.9 Å². The second kappa shape index (κ2) is 11.6. The summed E-state index contributed by atoms with van der Waals surface area (Å²) in [4.78, 5) is 0. The fourth-order valence-electron chi connectivity index (χ4n) is 4.52. The summed E-state index contributed by atoms with van der Waals surface area (Å²) in [5.41, 5.74) is 0. The van der Waals surface area contributed by atoms with Crippen molar-refractivity contribution in [3.63, 3.8) is 0 Å². The molecule has 4 aromatic carbocycles. The highest BCUT2D eigenvalue weighted by Crippen LogP contribution is 2.52. The van der Waals surface area contributed by atoms with Crippen LogP contribution in [-0.4, -0.2) is 12.3 Å². The molecular formula is C29H26N4P2. The lowest BCUT2D eigenvalue weighted by molar-refractivity contribution is 1.10. The molecule has 4 rings (SSSR count). The highest BCUT2D eigenvalue weighted by atomic mass is 31.2. The topological polar surface area (TPSA) is 72.3 Å². The van der Waals surface area contributed by atoms with E-state index in [1.165, 1.54) is 0 Å². The summed E-state index contributed by atoms with van der Waals surface area (Å²) in [6.45, 7) is 0. The molecule has 0 aliphatic heterocycles. The molecule has 0 fully saturated rings. The van der Waals surface area contributed by atoms with Gasteiger partial charge in [-0.15, -0.1) is 0 Å². The molecule has 172 valence electrons. The zero-order valence-corrected chi connectivity index (χ0v) is 21.1. The van der Waals surface area contributed by atoms with Crippen LogP contribution >= 0.6 is 14.1 Å². The first kappa shape index (κ1) is 24.4. The van der Waals surface area contributed by atoms with E-state index in [0.717, 1.165) is 40.0 Å². The van der Waals surface area contributed by atoms with Crippen molar-refractivity contribution < 1.29 is 0 Å². The van der Waals surface area contributed by atoms with Crippen molar-refractivity contribution in [3.05, 3.63) is 121 Å². The molecule has 0 heterocycles. The van der Waals surface area contributed by atoms with Gasteiger partial charge < -0.3 is 0 Å². The standard InChI is InChI=1S/C29H26N4P2/c30-24-32-34(26-14-5-1-6-15-26,27-16-7-2-8-17-27)22-13-23-35(33-25-31,28-18-9-3-10-19-28)29-20-11-4-12-21-29/h1-12,14-21H,13,22-23H2. The highest BCUT2D eigenvalue weighted by molar-refractivity contribution is 7.82. The summed E-state index contributed by atoms with van der Waals surface area (Å²) in [5, 5.41) is 23.9. The summed E-state index contributed by atoms with van der Waals surface area (Å²) >= 11 is 0. The van der Waals surface area contributed by atoms with Gasteiger partial charge in [-0.3, -0.25) is 0 Å². The normalized spacial score (nSPS) is 11.1. The minimum Gasteiger partial charge on any atom is -0.185 e. The zero-order valence-electron chi connectivity index (χ0n) is 19.4. The van der Waals surface area contributed by atoms with Gasteiger partial charge >= 0.3 is 0 Å². The van der Waals surface area contributed by atoms with E-state index in [0.29, 0.717) is 0 Å². The molecule has 0 bridgehead atoms. The highest BCUT2D eigenvalue weighted by Gasteiger charge is 2.29. The molecule has 0 aromatic heterocycles. The van der Waals surface area contributed by atoms with Crippen molar-refractivity contribution in [2.45, 2.75) is 6.42 Å². The number of rotatable bonds is 8. The van der Waals surface area contributed by atoms with Crippen molar-refractivity contribution in [1.29, 1.82) is 10.5 Å². The fraction of sp³-hybridized carbons (Fsp3) is 0.103. The van der Waals surface area contributed by atoms with Crippen LogP contribution in [-0.2, 0) is 0 Å². The predicted octanol–water partition coefficient (Wildman–Crippen LogP) is 6.04. The molecule has 0 aliphatic rings. The quantitative estimate of drug-likeness (QED) is 0.222. The minimum absolute atomic E-state index is 0.733. The third-order valence-corrected chi connectivity index (χ3v) is 13.5. The molecule has 4 nitrogen and oxygen atoms in total. The largest absolute Gasteiger partial charge is 0.204 e. The lowest BCUT2D eigenvalue weighted by atomic mass is 10.4. The molecule has 0 saturated heterocycles. The molecule has 0 aliphatic carbocycles. The Morgan fingerprint density at radius 2 is 0.714 bits per heavy atom. The number of hydrogen-bond acceptors (Lipinski definition) is 4. The van der Waals surface area contributed by atoms with Gasteiger partial charge in [0.05, 0.1) is 0 Å². The van der Waals surface area contributed by atoms with E-state index in [1.54, 1.807) is 0 Å². The number of hydrogen-bond donors (Lipinski definition) is 0. The maximum absolute atomic E-state index is 9.78. The fourth-order valence-corrected chi connectivity index (χ4v) is 11.3. The van der Waals surface area contributed by atoms with E-state index >= 15 is 0 Å². The molecule has 4 aromatic rings.